The number of hydrogen-bond donors (Lipinski definition) is 0. The largest absolute Gasteiger partial charge is 0.425 e. The van der Waals surface area contributed by atoms with Gasteiger partial charge in [0.2, 0.25) is 11.8 Å². The van der Waals surface area contributed by atoms with Crippen molar-refractivity contribution in [1.29, 1.82) is 0 Å². The van der Waals surface area contributed by atoms with Gasteiger partial charge >= 0.3 is 5.97 Å². The average molecular weight is 380 g/mol. The van der Waals surface area contributed by atoms with Gasteiger partial charge in [-0.1, -0.05) is 25.0 Å². The Hall–Kier alpha value is -1.69. The van der Waals surface area contributed by atoms with Gasteiger partial charge in [-0.3, -0.25) is 19.3 Å². The van der Waals surface area contributed by atoms with Crippen molar-refractivity contribution in [1.82, 2.24) is 4.90 Å². The molecular formula is C17H18BrNO4. The minimum Gasteiger partial charge on any atom is -0.425 e. The number of ether oxygens (including phenoxy) is 1. The molecular weight excluding hydrogens is 362 g/mol. The molecule has 5 nitrogen and oxygen atoms in total. The normalized spacial score (nSPS) is 23.8. The first-order valence-corrected chi connectivity index (χ1v) is 8.67. The number of nitrogens with zero attached hydrogens (tertiary/aromatic N) is 1. The van der Waals surface area contributed by atoms with E-state index in [1.165, 1.54) is 4.90 Å². The standard InChI is InChI=1S/C17H18BrNO4/c18-13-7-3-4-8-14(13)23-15(20)9-10-19-16(21)11-5-1-2-6-12(11)17(19)22/h3-4,7-8,11-12H,1-2,5-6,9-10H2/t11-,12-/m1/s1. The second-order valence-corrected chi connectivity index (χ2v) is 6.83. The molecule has 3 rings (SSSR count). The van der Waals surface area contributed by atoms with Crippen molar-refractivity contribution in [2.45, 2.75) is 32.1 Å². The van der Waals surface area contributed by atoms with E-state index in [9.17, 15) is 14.4 Å². The van der Waals surface area contributed by atoms with E-state index >= 15 is 0 Å². The molecule has 0 bridgehead atoms. The third kappa shape index (κ3) is 3.32. The second kappa shape index (κ2) is 6.83. The van der Waals surface area contributed by atoms with Crippen LogP contribution in [0.4, 0.5) is 0 Å². The Balaban J connectivity index is 1.58. The molecule has 0 N–H and O–H groups in total. The Morgan fingerprint density at radius 3 is 2.35 bits per heavy atom. The van der Waals surface area contributed by atoms with Crippen molar-refractivity contribution in [3.63, 3.8) is 0 Å². The van der Waals surface area contributed by atoms with Crippen molar-refractivity contribution < 1.29 is 19.1 Å². The molecule has 6 heteroatoms. The highest BCUT2D eigenvalue weighted by molar-refractivity contribution is 9.10. The lowest BCUT2D eigenvalue weighted by atomic mass is 9.81. The van der Waals surface area contributed by atoms with Gasteiger partial charge in [0.15, 0.2) is 0 Å². The van der Waals surface area contributed by atoms with Crippen LogP contribution in [0.1, 0.15) is 32.1 Å². The van der Waals surface area contributed by atoms with Crippen LogP contribution in [0, 0.1) is 11.8 Å². The minimum atomic E-state index is -0.452. The summed E-state index contributed by atoms with van der Waals surface area (Å²) in [5, 5.41) is 0. The van der Waals surface area contributed by atoms with Crippen molar-refractivity contribution in [3.05, 3.63) is 28.7 Å². The molecule has 1 heterocycles. The zero-order chi connectivity index (χ0) is 16.4. The second-order valence-electron chi connectivity index (χ2n) is 5.98. The van der Waals surface area contributed by atoms with Crippen molar-refractivity contribution in [2.24, 2.45) is 11.8 Å². The first-order valence-electron chi connectivity index (χ1n) is 7.88. The number of fused-ring (bicyclic) bond motifs is 1. The quantitative estimate of drug-likeness (QED) is 0.458. The summed E-state index contributed by atoms with van der Waals surface area (Å²) in [4.78, 5) is 37.9. The summed E-state index contributed by atoms with van der Waals surface area (Å²) in [6, 6.07) is 7.06. The molecule has 0 spiro atoms. The number of halogens is 1. The van der Waals surface area contributed by atoms with Crippen molar-refractivity contribution in [3.8, 4) is 5.75 Å². The molecule has 1 aromatic rings. The summed E-state index contributed by atoms with van der Waals surface area (Å²) < 4.78 is 5.95. The first kappa shape index (κ1) is 16.2. The highest BCUT2D eigenvalue weighted by Crippen LogP contribution is 2.38. The number of benzene rings is 1. The van der Waals surface area contributed by atoms with Crippen LogP contribution in [0.2, 0.25) is 0 Å². The molecule has 23 heavy (non-hydrogen) atoms. The number of likely N-dealkylation sites (tertiary alicyclic amines) is 1. The summed E-state index contributed by atoms with van der Waals surface area (Å²) in [6.07, 6.45) is 3.58. The SMILES string of the molecule is O=C(CCN1C(=O)[C@@H]2CCCC[C@H]2C1=O)Oc1ccccc1Br. The van der Waals surface area contributed by atoms with Gasteiger partial charge in [-0.2, -0.15) is 0 Å². The van der Waals surface area contributed by atoms with Gasteiger partial charge in [0.1, 0.15) is 5.75 Å². The van der Waals surface area contributed by atoms with E-state index in [2.05, 4.69) is 15.9 Å². The molecule has 1 aliphatic carbocycles. The fourth-order valence-electron chi connectivity index (χ4n) is 3.36. The van der Waals surface area contributed by atoms with Crippen LogP contribution in [0.5, 0.6) is 5.75 Å². The van der Waals surface area contributed by atoms with Crippen molar-refractivity contribution >= 4 is 33.7 Å². The van der Waals surface area contributed by atoms with Crippen LogP contribution in [0.15, 0.2) is 28.7 Å². The van der Waals surface area contributed by atoms with Crippen LogP contribution in [-0.2, 0) is 14.4 Å². The fourth-order valence-corrected chi connectivity index (χ4v) is 3.72. The van der Waals surface area contributed by atoms with E-state index in [1.807, 2.05) is 6.07 Å². The van der Waals surface area contributed by atoms with Gasteiger partial charge in [0.05, 0.1) is 22.7 Å². The Labute approximate surface area is 143 Å². The lowest BCUT2D eigenvalue weighted by molar-refractivity contribution is -0.141. The minimum absolute atomic E-state index is 0.0122. The predicted molar refractivity (Wildman–Crippen MR) is 86.6 cm³/mol. The van der Waals surface area contributed by atoms with Crippen molar-refractivity contribution in [2.75, 3.05) is 6.54 Å². The number of rotatable bonds is 4. The average Bonchev–Trinajstić information content (AvgIpc) is 2.80. The number of imide groups is 1. The van der Waals surface area contributed by atoms with Crippen LogP contribution in [0.25, 0.3) is 0 Å². The summed E-state index contributed by atoms with van der Waals surface area (Å²) in [5.41, 5.74) is 0. The molecule has 2 amide bonds. The number of amides is 2. The molecule has 1 aromatic carbocycles. The van der Waals surface area contributed by atoms with Crippen LogP contribution < -0.4 is 4.74 Å². The number of carbonyl (C=O) groups excluding carboxylic acids is 3. The maximum atomic E-state index is 12.3. The molecule has 1 aliphatic heterocycles. The van der Waals surface area contributed by atoms with E-state index in [0.29, 0.717) is 10.2 Å². The number of hydrogen-bond acceptors (Lipinski definition) is 4. The molecule has 2 fully saturated rings. The summed E-state index contributed by atoms with van der Waals surface area (Å²) in [6.45, 7) is 0.105. The molecule has 2 aliphatic rings. The highest BCUT2D eigenvalue weighted by Gasteiger charge is 2.47. The molecule has 0 aromatic heterocycles. The van der Waals surface area contributed by atoms with Crippen LogP contribution in [-0.4, -0.2) is 29.2 Å². The summed E-state index contributed by atoms with van der Waals surface area (Å²) in [5.74, 6) is -0.592. The summed E-state index contributed by atoms with van der Waals surface area (Å²) >= 11 is 3.31. The molecule has 0 unspecified atom stereocenters. The monoisotopic (exact) mass is 379 g/mol. The Kier molecular flexibility index (Phi) is 4.80. The van der Waals surface area contributed by atoms with Gasteiger partial charge < -0.3 is 4.74 Å². The lowest BCUT2D eigenvalue weighted by Crippen LogP contribution is -2.33. The predicted octanol–water partition coefficient (Wildman–Crippen LogP) is 2.92. The van der Waals surface area contributed by atoms with Gasteiger partial charge in [-0.15, -0.1) is 0 Å². The third-order valence-corrected chi connectivity index (χ3v) is 5.19. The topological polar surface area (TPSA) is 63.7 Å². The molecule has 1 saturated carbocycles. The van der Waals surface area contributed by atoms with E-state index in [1.54, 1.807) is 18.2 Å². The maximum Gasteiger partial charge on any atom is 0.313 e. The number of carbonyl (C=O) groups is 3. The highest BCUT2D eigenvalue weighted by atomic mass is 79.9. The number of esters is 1. The van der Waals surface area contributed by atoms with Gasteiger partial charge in [0.25, 0.3) is 0 Å². The zero-order valence-corrected chi connectivity index (χ0v) is 14.3. The van der Waals surface area contributed by atoms with Crippen LogP contribution in [0.3, 0.4) is 0 Å². The lowest BCUT2D eigenvalue weighted by Gasteiger charge is -2.19. The van der Waals surface area contributed by atoms with Gasteiger partial charge in [-0.05, 0) is 40.9 Å². The maximum absolute atomic E-state index is 12.3. The molecule has 122 valence electrons. The number of para-hydroxylation sites is 1. The Bertz CT molecular complexity index is 621. The smallest absolute Gasteiger partial charge is 0.313 e. The fraction of sp³-hybridized carbons (Fsp3) is 0.471. The van der Waals surface area contributed by atoms with E-state index in [0.717, 1.165) is 25.7 Å². The van der Waals surface area contributed by atoms with E-state index in [4.69, 9.17) is 4.74 Å². The first-order chi connectivity index (χ1) is 11.1. The van der Waals surface area contributed by atoms with E-state index < -0.39 is 5.97 Å². The van der Waals surface area contributed by atoms with Gasteiger partial charge in [0, 0.05) is 6.54 Å². The van der Waals surface area contributed by atoms with Crippen LogP contribution >= 0.6 is 15.9 Å². The molecule has 2 atom stereocenters. The Morgan fingerprint density at radius 1 is 1.13 bits per heavy atom. The molecule has 1 saturated heterocycles. The summed E-state index contributed by atoms with van der Waals surface area (Å²) in [7, 11) is 0. The Morgan fingerprint density at radius 2 is 1.74 bits per heavy atom. The molecule has 0 radical (unpaired) electrons. The zero-order valence-electron chi connectivity index (χ0n) is 12.7. The van der Waals surface area contributed by atoms with Gasteiger partial charge in [-0.25, -0.2) is 0 Å². The third-order valence-electron chi connectivity index (χ3n) is 4.53. The van der Waals surface area contributed by atoms with E-state index in [-0.39, 0.29) is 36.6 Å².